The first-order valence-corrected chi connectivity index (χ1v) is 8.84. The van der Waals surface area contributed by atoms with Gasteiger partial charge in [0.05, 0.1) is 12.0 Å². The third-order valence-electron chi connectivity index (χ3n) is 4.41. The van der Waals surface area contributed by atoms with Gasteiger partial charge >= 0.3 is 18.1 Å². The van der Waals surface area contributed by atoms with Crippen LogP contribution >= 0.6 is 0 Å². The molecule has 29 heavy (non-hydrogen) atoms. The van der Waals surface area contributed by atoms with Crippen LogP contribution in [0.3, 0.4) is 0 Å². The first kappa shape index (κ1) is 24.2. The number of hydrogen-bond acceptors (Lipinski definition) is 5. The zero-order chi connectivity index (χ0) is 22.2. The van der Waals surface area contributed by atoms with Crippen LogP contribution in [-0.4, -0.2) is 58.9 Å². The van der Waals surface area contributed by atoms with Crippen molar-refractivity contribution in [1.82, 2.24) is 10.3 Å². The predicted octanol–water partition coefficient (Wildman–Crippen LogP) is 2.69. The molecule has 8 nitrogen and oxygen atoms in total. The second-order valence-electron chi connectivity index (χ2n) is 6.96. The van der Waals surface area contributed by atoms with Crippen molar-refractivity contribution in [1.29, 1.82) is 0 Å². The summed E-state index contributed by atoms with van der Waals surface area (Å²) in [6, 6.07) is 3.54. The summed E-state index contributed by atoms with van der Waals surface area (Å²) in [7, 11) is 3.79. The van der Waals surface area contributed by atoms with Crippen molar-refractivity contribution in [3.05, 3.63) is 24.0 Å². The van der Waals surface area contributed by atoms with Crippen molar-refractivity contribution in [3.63, 3.8) is 0 Å². The Morgan fingerprint density at radius 3 is 2.17 bits per heavy atom. The molecule has 1 aliphatic carbocycles. The zero-order valence-electron chi connectivity index (χ0n) is 16.1. The number of carboxylic acids is 2. The second-order valence-corrected chi connectivity index (χ2v) is 6.96. The SMILES string of the molecule is CN(C)c1ccnc(C(=O)NC2(CC(=O)O)CCCCC2)c1.O=C(O)C(F)(F)F. The van der Waals surface area contributed by atoms with E-state index in [4.69, 9.17) is 15.0 Å². The summed E-state index contributed by atoms with van der Waals surface area (Å²) in [5.41, 5.74) is 0.564. The maximum Gasteiger partial charge on any atom is 0.490 e. The molecule has 1 aliphatic rings. The van der Waals surface area contributed by atoms with Crippen molar-refractivity contribution in [2.24, 2.45) is 0 Å². The molecule has 0 aliphatic heterocycles. The summed E-state index contributed by atoms with van der Waals surface area (Å²) in [6.45, 7) is 0. The Hall–Kier alpha value is -2.85. The van der Waals surface area contributed by atoms with Crippen LogP contribution in [-0.2, 0) is 9.59 Å². The number of pyridine rings is 1. The van der Waals surface area contributed by atoms with Gasteiger partial charge in [-0.05, 0) is 25.0 Å². The van der Waals surface area contributed by atoms with Crippen LogP contribution < -0.4 is 10.2 Å². The highest BCUT2D eigenvalue weighted by Gasteiger charge is 2.38. The number of alkyl halides is 3. The van der Waals surface area contributed by atoms with Gasteiger partial charge in [0.1, 0.15) is 5.69 Å². The number of halogens is 3. The van der Waals surface area contributed by atoms with Gasteiger partial charge in [0.25, 0.3) is 5.91 Å². The molecule has 11 heteroatoms. The fraction of sp³-hybridized carbons (Fsp3) is 0.556. The minimum atomic E-state index is -5.08. The van der Waals surface area contributed by atoms with E-state index in [1.807, 2.05) is 25.1 Å². The molecular formula is C18H24F3N3O5. The molecular weight excluding hydrogens is 395 g/mol. The molecule has 1 saturated carbocycles. The monoisotopic (exact) mass is 419 g/mol. The van der Waals surface area contributed by atoms with Gasteiger partial charge in [-0.3, -0.25) is 14.6 Å². The van der Waals surface area contributed by atoms with Gasteiger partial charge in [-0.25, -0.2) is 4.79 Å². The third-order valence-corrected chi connectivity index (χ3v) is 4.41. The van der Waals surface area contributed by atoms with E-state index in [1.54, 1.807) is 12.3 Å². The smallest absolute Gasteiger partial charge is 0.481 e. The summed E-state index contributed by atoms with van der Waals surface area (Å²) in [5.74, 6) is -3.93. The van der Waals surface area contributed by atoms with Crippen LogP contribution in [0.1, 0.15) is 49.0 Å². The van der Waals surface area contributed by atoms with Gasteiger partial charge in [0.15, 0.2) is 0 Å². The molecule has 0 unspecified atom stereocenters. The first-order chi connectivity index (χ1) is 13.4. The number of amides is 1. The van der Waals surface area contributed by atoms with Gasteiger partial charge in [0.2, 0.25) is 0 Å². The topological polar surface area (TPSA) is 120 Å². The van der Waals surface area contributed by atoms with Crippen LogP contribution in [0.4, 0.5) is 18.9 Å². The molecule has 3 N–H and O–H groups in total. The van der Waals surface area contributed by atoms with E-state index in [9.17, 15) is 22.8 Å². The highest BCUT2D eigenvalue weighted by atomic mass is 19.4. The fourth-order valence-corrected chi connectivity index (χ4v) is 2.99. The van der Waals surface area contributed by atoms with Crippen molar-refractivity contribution < 1.29 is 37.8 Å². The van der Waals surface area contributed by atoms with E-state index in [2.05, 4.69) is 10.3 Å². The number of nitrogens with zero attached hydrogens (tertiary/aromatic N) is 2. The van der Waals surface area contributed by atoms with E-state index >= 15 is 0 Å². The summed E-state index contributed by atoms with van der Waals surface area (Å²) in [4.78, 5) is 38.6. The number of nitrogens with one attached hydrogen (secondary N) is 1. The average molecular weight is 419 g/mol. The van der Waals surface area contributed by atoms with Crippen molar-refractivity contribution >= 4 is 23.5 Å². The Kier molecular flexibility index (Phi) is 8.41. The highest BCUT2D eigenvalue weighted by Crippen LogP contribution is 2.31. The van der Waals surface area contributed by atoms with Gasteiger partial charge in [0, 0.05) is 26.0 Å². The summed E-state index contributed by atoms with van der Waals surface area (Å²) < 4.78 is 31.7. The number of carbonyl (C=O) groups is 3. The number of carboxylic acid groups (broad SMARTS) is 2. The maximum absolute atomic E-state index is 12.5. The van der Waals surface area contributed by atoms with Gasteiger partial charge in [-0.15, -0.1) is 0 Å². The number of anilines is 1. The Morgan fingerprint density at radius 1 is 1.17 bits per heavy atom. The molecule has 0 radical (unpaired) electrons. The lowest BCUT2D eigenvalue weighted by Gasteiger charge is -2.36. The van der Waals surface area contributed by atoms with Gasteiger partial charge in [-0.2, -0.15) is 13.2 Å². The molecule has 1 amide bonds. The Bertz CT molecular complexity index is 732. The summed E-state index contributed by atoms with van der Waals surface area (Å²) in [5, 5.41) is 19.2. The quantitative estimate of drug-likeness (QED) is 0.671. The second kappa shape index (κ2) is 10.1. The molecule has 1 aromatic heterocycles. The van der Waals surface area contributed by atoms with Crippen molar-refractivity contribution in [3.8, 4) is 0 Å². The molecule has 162 valence electrons. The van der Waals surface area contributed by atoms with Gasteiger partial charge < -0.3 is 20.4 Å². The van der Waals surface area contributed by atoms with E-state index in [0.717, 1.165) is 24.9 Å². The number of carbonyl (C=O) groups excluding carboxylic acids is 1. The lowest BCUT2D eigenvalue weighted by molar-refractivity contribution is -0.192. The lowest BCUT2D eigenvalue weighted by atomic mass is 9.79. The van der Waals surface area contributed by atoms with E-state index in [0.29, 0.717) is 18.5 Å². The number of aromatic nitrogens is 1. The number of hydrogen-bond donors (Lipinski definition) is 3. The molecule has 2 rings (SSSR count). The van der Waals surface area contributed by atoms with Crippen LogP contribution in [0, 0.1) is 0 Å². The Balaban J connectivity index is 0.000000516. The lowest BCUT2D eigenvalue weighted by Crippen LogP contribution is -2.51. The van der Waals surface area contributed by atoms with E-state index in [-0.39, 0.29) is 12.3 Å². The molecule has 1 fully saturated rings. The van der Waals surface area contributed by atoms with E-state index in [1.165, 1.54) is 0 Å². The van der Waals surface area contributed by atoms with Crippen LogP contribution in [0.25, 0.3) is 0 Å². The third kappa shape index (κ3) is 7.96. The van der Waals surface area contributed by atoms with Crippen LogP contribution in [0.5, 0.6) is 0 Å². The fourth-order valence-electron chi connectivity index (χ4n) is 2.99. The normalized spacial score (nSPS) is 15.5. The van der Waals surface area contributed by atoms with Crippen LogP contribution in [0.15, 0.2) is 18.3 Å². The summed E-state index contributed by atoms with van der Waals surface area (Å²) >= 11 is 0. The number of aliphatic carboxylic acids is 2. The molecule has 0 saturated heterocycles. The molecule has 1 aromatic rings. The largest absolute Gasteiger partial charge is 0.490 e. The molecule has 0 spiro atoms. The standard InChI is InChI=1S/C16H23N3O3.C2HF3O2/c1-19(2)12-6-9-17-13(10-12)15(22)18-16(11-14(20)21)7-4-3-5-8-16;3-2(4,5)1(6)7/h6,9-10H,3-5,7-8,11H2,1-2H3,(H,18,22)(H,20,21);(H,6,7). The highest BCUT2D eigenvalue weighted by molar-refractivity contribution is 5.94. The van der Waals surface area contributed by atoms with Gasteiger partial charge in [-0.1, -0.05) is 19.3 Å². The molecule has 0 atom stereocenters. The van der Waals surface area contributed by atoms with E-state index < -0.39 is 23.7 Å². The van der Waals surface area contributed by atoms with Crippen LogP contribution in [0.2, 0.25) is 0 Å². The first-order valence-electron chi connectivity index (χ1n) is 8.84. The average Bonchev–Trinajstić information content (AvgIpc) is 2.61. The number of rotatable bonds is 5. The molecule has 1 heterocycles. The predicted molar refractivity (Wildman–Crippen MR) is 97.8 cm³/mol. The zero-order valence-corrected chi connectivity index (χ0v) is 16.1. The Morgan fingerprint density at radius 2 is 1.72 bits per heavy atom. The minimum Gasteiger partial charge on any atom is -0.481 e. The Labute approximate surface area is 165 Å². The van der Waals surface area contributed by atoms with Crippen molar-refractivity contribution in [2.75, 3.05) is 19.0 Å². The maximum atomic E-state index is 12.5. The molecule has 0 aromatic carbocycles. The van der Waals surface area contributed by atoms with Crippen molar-refractivity contribution in [2.45, 2.75) is 50.2 Å². The minimum absolute atomic E-state index is 0.0356. The summed E-state index contributed by atoms with van der Waals surface area (Å²) in [6.07, 6.45) is 0.862. The molecule has 0 bridgehead atoms.